The fraction of sp³-hybridized carbons (Fsp3) is 0.920. The van der Waals surface area contributed by atoms with Gasteiger partial charge in [-0.1, -0.05) is 85.0 Å². The number of hydrogen-bond donors (Lipinski definition) is 0. The minimum absolute atomic E-state index is 0. The van der Waals surface area contributed by atoms with Crippen LogP contribution >= 0.6 is 22.6 Å². The predicted octanol–water partition coefficient (Wildman–Crippen LogP) is 5.50. The summed E-state index contributed by atoms with van der Waals surface area (Å²) in [5.74, 6) is 3.10. The van der Waals surface area contributed by atoms with Crippen LogP contribution in [0.2, 0.25) is 0 Å². The van der Waals surface area contributed by atoms with E-state index >= 15 is 0 Å². The fourth-order valence-electron chi connectivity index (χ4n) is 4.10. The van der Waals surface area contributed by atoms with Gasteiger partial charge in [0.2, 0.25) is 4.05 Å². The summed E-state index contributed by atoms with van der Waals surface area (Å²) < 4.78 is 1.52. The molecule has 0 rings (SSSR count). The molecule has 0 spiro atoms. The predicted molar refractivity (Wildman–Crippen MR) is 132 cm³/mol. The summed E-state index contributed by atoms with van der Waals surface area (Å²) in [7, 11) is 0. The van der Waals surface area contributed by atoms with Gasteiger partial charge in [-0.2, -0.15) is 0 Å². The van der Waals surface area contributed by atoms with Crippen molar-refractivity contribution in [2.24, 2.45) is 0 Å². The van der Waals surface area contributed by atoms with Gasteiger partial charge in [0.15, 0.2) is 0 Å². The molecule has 0 aliphatic carbocycles. The van der Waals surface area contributed by atoms with Crippen LogP contribution in [0.1, 0.15) is 124 Å². The first kappa shape index (κ1) is 30.7. The normalized spacial score (nSPS) is 12.4. The molecule has 3 heteroatoms. The van der Waals surface area contributed by atoms with Crippen LogP contribution in [0.4, 0.5) is 0 Å². The Morgan fingerprint density at radius 2 is 0.893 bits per heavy atom. The summed E-state index contributed by atoms with van der Waals surface area (Å²) in [6.07, 6.45) is 28.0. The lowest BCUT2D eigenvalue weighted by Gasteiger charge is -2.41. The highest BCUT2D eigenvalue weighted by molar-refractivity contribution is 14.1. The number of unbranched alkanes of at least 4 members (excludes halogenated alkanes) is 13. The maximum Gasteiger partial charge on any atom is 0.200 e. The molecule has 0 amide bonds. The Balaban J connectivity index is 0. The highest BCUT2D eigenvalue weighted by atomic mass is 127. The molecule has 0 aromatic heterocycles. The van der Waals surface area contributed by atoms with E-state index in [1.165, 1.54) is 127 Å². The maximum atomic E-state index is 5.91. The summed E-state index contributed by atoms with van der Waals surface area (Å²) in [6, 6.07) is 0. The fourth-order valence-corrected chi connectivity index (χ4v) is 4.94. The maximum absolute atomic E-state index is 5.91. The van der Waals surface area contributed by atoms with Crippen LogP contribution < -0.4 is 12.4 Å². The molecule has 1 atom stereocenters. The highest BCUT2D eigenvalue weighted by Gasteiger charge is 2.32. The van der Waals surface area contributed by atoms with Crippen molar-refractivity contribution in [2.75, 3.05) is 19.6 Å². The van der Waals surface area contributed by atoms with Gasteiger partial charge in [0.1, 0.15) is 0 Å². The summed E-state index contributed by atoms with van der Waals surface area (Å²) in [5.41, 5.74) is 0. The lowest BCUT2D eigenvalue weighted by Crippen LogP contribution is -3.00. The lowest BCUT2D eigenvalue weighted by atomic mass is 10.1. The second-order valence-electron chi connectivity index (χ2n) is 8.49. The average Bonchev–Trinajstić information content (AvgIpc) is 2.68. The largest absolute Gasteiger partial charge is 1.00 e. The third-order valence-corrected chi connectivity index (χ3v) is 7.53. The van der Waals surface area contributed by atoms with Gasteiger partial charge in [-0.25, -0.2) is 0 Å². The summed E-state index contributed by atoms with van der Waals surface area (Å²) in [6.45, 7) is 10.8. The van der Waals surface area contributed by atoms with E-state index in [1.807, 2.05) is 0 Å². The van der Waals surface area contributed by atoms with Crippen molar-refractivity contribution in [1.29, 1.82) is 0 Å². The molecule has 28 heavy (non-hydrogen) atoms. The standard InChI is InChI=1S/C25H49IN.ClH/c1-5-9-12-13-14-15-16-17-18-21-24-27(25(26)8-4,22-19-10-6-2)23-20-11-7-3;/h4,25H,5-7,9-24H2,1-3H3;1H/q+1;/p-1. The Morgan fingerprint density at radius 3 is 1.25 bits per heavy atom. The van der Waals surface area contributed by atoms with E-state index in [1.54, 1.807) is 0 Å². The van der Waals surface area contributed by atoms with Gasteiger partial charge in [-0.3, -0.25) is 0 Å². The molecule has 0 heterocycles. The minimum atomic E-state index is 0. The quantitative estimate of drug-likeness (QED) is 0.0491. The monoisotopic (exact) mass is 525 g/mol. The molecule has 168 valence electrons. The van der Waals surface area contributed by atoms with Crippen LogP contribution in [0.25, 0.3) is 0 Å². The zero-order chi connectivity index (χ0) is 20.2. The number of quaternary nitrogens is 1. The van der Waals surface area contributed by atoms with Gasteiger partial charge in [0.25, 0.3) is 0 Å². The van der Waals surface area contributed by atoms with E-state index < -0.39 is 0 Å². The van der Waals surface area contributed by atoms with Crippen LogP contribution in [0, 0.1) is 12.3 Å². The average molecular weight is 526 g/mol. The van der Waals surface area contributed by atoms with E-state index in [9.17, 15) is 0 Å². The van der Waals surface area contributed by atoms with Crippen molar-refractivity contribution in [3.05, 3.63) is 0 Å². The smallest absolute Gasteiger partial charge is 0.200 e. The second-order valence-corrected chi connectivity index (χ2v) is 9.67. The van der Waals surface area contributed by atoms with E-state index in [4.69, 9.17) is 6.42 Å². The highest BCUT2D eigenvalue weighted by Crippen LogP contribution is 2.25. The van der Waals surface area contributed by atoms with Gasteiger partial charge >= 0.3 is 0 Å². The second kappa shape index (κ2) is 22.2. The molecule has 1 unspecified atom stereocenters. The van der Waals surface area contributed by atoms with E-state index in [2.05, 4.69) is 49.3 Å². The van der Waals surface area contributed by atoms with Crippen molar-refractivity contribution in [3.63, 3.8) is 0 Å². The molecule has 0 aromatic carbocycles. The minimum Gasteiger partial charge on any atom is -1.00 e. The third kappa shape index (κ3) is 15.4. The Bertz CT molecular complexity index is 343. The SMILES string of the molecule is C#CC(I)[N+](CCCCC)(CCCCC)CCCCCCCCCCCC.[Cl-]. The summed E-state index contributed by atoms with van der Waals surface area (Å²) in [5, 5.41) is 0. The Morgan fingerprint density at radius 1 is 0.607 bits per heavy atom. The summed E-state index contributed by atoms with van der Waals surface area (Å²) in [4.78, 5) is 0. The molecular formula is C25H49ClIN. The first-order valence-electron chi connectivity index (χ1n) is 12.1. The number of terminal acetylenes is 1. The third-order valence-electron chi connectivity index (χ3n) is 5.99. The van der Waals surface area contributed by atoms with Gasteiger partial charge in [-0.05, 0) is 44.4 Å². The van der Waals surface area contributed by atoms with E-state index in [0.29, 0.717) is 4.05 Å². The zero-order valence-electron chi connectivity index (χ0n) is 19.3. The summed E-state index contributed by atoms with van der Waals surface area (Å²) >= 11 is 2.55. The lowest BCUT2D eigenvalue weighted by molar-refractivity contribution is -0.927. The molecule has 0 saturated carbocycles. The number of alkyl halides is 1. The molecule has 0 aromatic rings. The van der Waals surface area contributed by atoms with Crippen molar-refractivity contribution in [1.82, 2.24) is 0 Å². The number of halogens is 2. The van der Waals surface area contributed by atoms with Crippen molar-refractivity contribution < 1.29 is 16.9 Å². The molecular weight excluding hydrogens is 477 g/mol. The van der Waals surface area contributed by atoms with Crippen molar-refractivity contribution in [3.8, 4) is 12.3 Å². The first-order valence-corrected chi connectivity index (χ1v) is 13.4. The van der Waals surface area contributed by atoms with Crippen LogP contribution in [-0.4, -0.2) is 28.2 Å². The van der Waals surface area contributed by atoms with Gasteiger partial charge < -0.3 is 16.9 Å². The number of hydrogen-bond acceptors (Lipinski definition) is 0. The number of rotatable bonds is 20. The molecule has 0 aliphatic heterocycles. The van der Waals surface area contributed by atoms with Gasteiger partial charge in [0, 0.05) is 22.6 Å². The van der Waals surface area contributed by atoms with Crippen molar-refractivity contribution in [2.45, 2.75) is 128 Å². The Kier molecular flexibility index (Phi) is 24.4. The molecule has 0 aliphatic rings. The topological polar surface area (TPSA) is 0 Å². The Labute approximate surface area is 198 Å². The van der Waals surface area contributed by atoms with E-state index in [-0.39, 0.29) is 12.4 Å². The molecule has 0 N–H and O–H groups in total. The Hall–Kier alpha value is 0.540. The molecule has 0 bridgehead atoms. The molecule has 0 radical (unpaired) electrons. The van der Waals surface area contributed by atoms with Crippen LogP contribution in [0.5, 0.6) is 0 Å². The molecule has 0 saturated heterocycles. The van der Waals surface area contributed by atoms with Crippen molar-refractivity contribution >= 4 is 22.6 Å². The first-order chi connectivity index (χ1) is 13.2. The number of nitrogens with zero attached hydrogens (tertiary/aromatic N) is 1. The molecule has 1 nitrogen and oxygen atoms in total. The van der Waals surface area contributed by atoms with Gasteiger partial charge in [0.05, 0.1) is 19.6 Å². The van der Waals surface area contributed by atoms with Crippen LogP contribution in [0.15, 0.2) is 0 Å². The van der Waals surface area contributed by atoms with Gasteiger partial charge in [-0.15, -0.1) is 6.42 Å². The molecule has 0 fully saturated rings. The van der Waals surface area contributed by atoms with Crippen LogP contribution in [0.3, 0.4) is 0 Å². The van der Waals surface area contributed by atoms with Crippen LogP contribution in [-0.2, 0) is 0 Å². The zero-order valence-corrected chi connectivity index (χ0v) is 22.2. The van der Waals surface area contributed by atoms with E-state index in [0.717, 1.165) is 0 Å².